The zero-order valence-electron chi connectivity index (χ0n) is 16.6. The van der Waals surface area contributed by atoms with Crippen molar-refractivity contribution in [2.24, 2.45) is 0 Å². The maximum absolute atomic E-state index is 12.0. The Morgan fingerprint density at radius 2 is 1.48 bits per heavy atom. The molecule has 2 aromatic carbocycles. The Morgan fingerprint density at radius 1 is 0.862 bits per heavy atom. The van der Waals surface area contributed by atoms with Crippen LogP contribution in [0, 0.1) is 0 Å². The van der Waals surface area contributed by atoms with Gasteiger partial charge in [0, 0.05) is 5.56 Å². The highest BCUT2D eigenvalue weighted by molar-refractivity contribution is 6.05. The van der Waals surface area contributed by atoms with Crippen LogP contribution in [-0.4, -0.2) is 38.1 Å². The van der Waals surface area contributed by atoms with E-state index < -0.39 is 24.4 Å². The predicted molar refractivity (Wildman–Crippen MR) is 107 cm³/mol. The molecule has 0 heterocycles. The number of rotatable bonds is 10. The summed E-state index contributed by atoms with van der Waals surface area (Å²) in [6, 6.07) is 12.8. The molecule has 0 bridgehead atoms. The predicted octanol–water partition coefficient (Wildman–Crippen LogP) is 3.38. The van der Waals surface area contributed by atoms with E-state index in [1.165, 1.54) is 19.2 Å². The molecule has 0 atom stereocenters. The van der Waals surface area contributed by atoms with Gasteiger partial charge < -0.3 is 14.2 Å². The van der Waals surface area contributed by atoms with Crippen LogP contribution in [0.4, 0.5) is 0 Å². The van der Waals surface area contributed by atoms with E-state index in [9.17, 15) is 14.4 Å². The molecule has 2 aromatic rings. The van der Waals surface area contributed by atoms with Crippen molar-refractivity contribution in [2.45, 2.75) is 26.2 Å². The van der Waals surface area contributed by atoms with Crippen LogP contribution in [0.1, 0.15) is 46.9 Å². The third-order valence-corrected chi connectivity index (χ3v) is 4.05. The van der Waals surface area contributed by atoms with E-state index in [2.05, 4.69) is 12.2 Å². The first-order valence-electron chi connectivity index (χ1n) is 9.41. The average molecular weight is 399 g/mol. The Balaban J connectivity index is 1.77. The van der Waals surface area contributed by atoms with Crippen LogP contribution >= 0.6 is 0 Å². The number of methoxy groups -OCH3 is 1. The maximum atomic E-state index is 12.0. The molecule has 7 nitrogen and oxygen atoms in total. The third-order valence-electron chi connectivity index (χ3n) is 4.05. The van der Waals surface area contributed by atoms with Gasteiger partial charge in [-0.2, -0.15) is 0 Å². The Morgan fingerprint density at radius 3 is 2.10 bits per heavy atom. The van der Waals surface area contributed by atoms with Gasteiger partial charge in [-0.3, -0.25) is 14.9 Å². The summed E-state index contributed by atoms with van der Waals surface area (Å²) in [6.07, 6.45) is 3.20. The summed E-state index contributed by atoms with van der Waals surface area (Å²) in [4.78, 5) is 35.9. The fraction of sp³-hybridized carbons (Fsp3) is 0.318. The molecule has 2 rings (SSSR count). The number of hydrogen-bond acceptors (Lipinski definition) is 6. The normalized spacial score (nSPS) is 10.1. The van der Waals surface area contributed by atoms with Crippen LogP contribution in [0.25, 0.3) is 0 Å². The number of imide groups is 1. The van der Waals surface area contributed by atoms with Gasteiger partial charge in [-0.05, 0) is 55.0 Å². The minimum absolute atomic E-state index is 0.292. The number of carbonyl (C=O) groups excluding carboxylic acids is 3. The Kier molecular flexibility index (Phi) is 8.69. The summed E-state index contributed by atoms with van der Waals surface area (Å²) >= 11 is 0. The topological polar surface area (TPSA) is 90.9 Å². The lowest BCUT2D eigenvalue weighted by molar-refractivity contribution is -0.123. The second kappa shape index (κ2) is 11.5. The monoisotopic (exact) mass is 399 g/mol. The van der Waals surface area contributed by atoms with Crippen molar-refractivity contribution < 1.29 is 28.6 Å². The molecule has 1 N–H and O–H groups in total. The van der Waals surface area contributed by atoms with Crippen LogP contribution in [0.2, 0.25) is 0 Å². The molecule has 0 aliphatic rings. The van der Waals surface area contributed by atoms with Crippen molar-refractivity contribution in [2.75, 3.05) is 20.3 Å². The zero-order valence-corrected chi connectivity index (χ0v) is 16.6. The highest BCUT2D eigenvalue weighted by Gasteiger charge is 2.14. The number of benzene rings is 2. The molecule has 0 unspecified atom stereocenters. The second-order valence-electron chi connectivity index (χ2n) is 6.26. The van der Waals surface area contributed by atoms with Crippen molar-refractivity contribution >= 4 is 17.8 Å². The van der Waals surface area contributed by atoms with Gasteiger partial charge in [-0.1, -0.05) is 19.8 Å². The van der Waals surface area contributed by atoms with Gasteiger partial charge in [0.15, 0.2) is 6.61 Å². The van der Waals surface area contributed by atoms with Gasteiger partial charge in [0.1, 0.15) is 11.5 Å². The molecule has 0 fully saturated rings. The lowest BCUT2D eigenvalue weighted by Crippen LogP contribution is -2.34. The molecule has 0 saturated carbocycles. The van der Waals surface area contributed by atoms with Crippen molar-refractivity contribution in [1.82, 2.24) is 5.32 Å². The summed E-state index contributed by atoms with van der Waals surface area (Å²) in [5, 5.41) is 2.17. The van der Waals surface area contributed by atoms with Gasteiger partial charge >= 0.3 is 5.97 Å². The molecular weight excluding hydrogens is 374 g/mol. The zero-order chi connectivity index (χ0) is 21.1. The smallest absolute Gasteiger partial charge is 0.338 e. The summed E-state index contributed by atoms with van der Waals surface area (Å²) in [6.45, 7) is 2.19. The lowest BCUT2D eigenvalue weighted by atomic mass is 10.2. The molecule has 7 heteroatoms. The van der Waals surface area contributed by atoms with Gasteiger partial charge in [-0.15, -0.1) is 0 Å². The van der Waals surface area contributed by atoms with E-state index in [0.29, 0.717) is 29.2 Å². The van der Waals surface area contributed by atoms with E-state index in [4.69, 9.17) is 14.2 Å². The summed E-state index contributed by atoms with van der Waals surface area (Å²) in [7, 11) is 1.52. The number of amides is 2. The van der Waals surface area contributed by atoms with E-state index in [0.717, 1.165) is 19.3 Å². The number of hydrogen-bond donors (Lipinski definition) is 1. The first-order valence-corrected chi connectivity index (χ1v) is 9.41. The molecule has 0 aliphatic carbocycles. The Bertz CT molecular complexity index is 814. The Hall–Kier alpha value is -3.35. The maximum Gasteiger partial charge on any atom is 0.338 e. The average Bonchev–Trinajstić information content (AvgIpc) is 2.75. The van der Waals surface area contributed by atoms with Crippen molar-refractivity contribution in [1.29, 1.82) is 0 Å². The molecule has 0 radical (unpaired) electrons. The van der Waals surface area contributed by atoms with E-state index in [1.807, 2.05) is 0 Å². The van der Waals surface area contributed by atoms with E-state index >= 15 is 0 Å². The lowest BCUT2D eigenvalue weighted by Gasteiger charge is -2.08. The molecule has 0 aliphatic heterocycles. The van der Waals surface area contributed by atoms with Gasteiger partial charge in [0.2, 0.25) is 0 Å². The van der Waals surface area contributed by atoms with Gasteiger partial charge in [0.05, 0.1) is 19.3 Å². The minimum atomic E-state index is -0.713. The van der Waals surface area contributed by atoms with Crippen LogP contribution in [-0.2, 0) is 9.53 Å². The van der Waals surface area contributed by atoms with Crippen molar-refractivity contribution in [3.05, 3.63) is 59.7 Å². The molecule has 2 amide bonds. The fourth-order valence-corrected chi connectivity index (χ4v) is 2.42. The SMILES string of the molecule is CCCCCOc1ccc(C(=O)OCC(=O)NC(=O)c2ccc(OC)cc2)cc1. The number of ether oxygens (including phenoxy) is 3. The number of carbonyl (C=O) groups is 3. The van der Waals surface area contributed by atoms with E-state index in [-0.39, 0.29) is 0 Å². The fourth-order valence-electron chi connectivity index (χ4n) is 2.42. The molecule has 0 saturated heterocycles. The van der Waals surface area contributed by atoms with Gasteiger partial charge in [0.25, 0.3) is 11.8 Å². The van der Waals surface area contributed by atoms with Crippen molar-refractivity contribution in [3.8, 4) is 11.5 Å². The van der Waals surface area contributed by atoms with Crippen LogP contribution in [0.15, 0.2) is 48.5 Å². The van der Waals surface area contributed by atoms with E-state index in [1.54, 1.807) is 36.4 Å². The first kappa shape index (κ1) is 21.9. The number of esters is 1. The van der Waals surface area contributed by atoms with Crippen LogP contribution < -0.4 is 14.8 Å². The minimum Gasteiger partial charge on any atom is -0.497 e. The highest BCUT2D eigenvalue weighted by atomic mass is 16.5. The molecule has 0 spiro atoms. The van der Waals surface area contributed by atoms with Crippen LogP contribution in [0.5, 0.6) is 11.5 Å². The highest BCUT2D eigenvalue weighted by Crippen LogP contribution is 2.14. The summed E-state index contributed by atoms with van der Waals surface area (Å²) in [5.74, 6) is -0.692. The first-order chi connectivity index (χ1) is 14.0. The molecular formula is C22H25NO6. The number of unbranched alkanes of at least 4 members (excludes halogenated alkanes) is 2. The standard InChI is InChI=1S/C22H25NO6/c1-3-4-5-14-28-19-12-8-17(9-13-19)22(26)29-15-20(24)23-21(25)16-6-10-18(27-2)11-7-16/h6-13H,3-5,14-15H2,1-2H3,(H,23,24,25). The molecule has 154 valence electrons. The molecule has 29 heavy (non-hydrogen) atoms. The molecule has 0 aromatic heterocycles. The Labute approximate surface area is 170 Å². The largest absolute Gasteiger partial charge is 0.497 e. The quantitative estimate of drug-likeness (QED) is 0.487. The second-order valence-corrected chi connectivity index (χ2v) is 6.26. The summed E-state index contributed by atoms with van der Waals surface area (Å²) in [5.41, 5.74) is 0.584. The third kappa shape index (κ3) is 7.29. The van der Waals surface area contributed by atoms with Crippen LogP contribution in [0.3, 0.4) is 0 Å². The summed E-state index contributed by atoms with van der Waals surface area (Å²) < 4.78 is 15.5. The number of nitrogens with one attached hydrogen (secondary N) is 1. The van der Waals surface area contributed by atoms with Gasteiger partial charge in [-0.25, -0.2) is 4.79 Å². The van der Waals surface area contributed by atoms with Crippen molar-refractivity contribution in [3.63, 3.8) is 0 Å².